The molecule has 1 rings (SSSR count). The summed E-state index contributed by atoms with van der Waals surface area (Å²) >= 11 is 0. The molecule has 0 unspecified atom stereocenters. The predicted octanol–water partition coefficient (Wildman–Crippen LogP) is 0.910. The van der Waals surface area contributed by atoms with Crippen molar-refractivity contribution in [2.45, 2.75) is 44.6 Å². The van der Waals surface area contributed by atoms with Gasteiger partial charge >= 0.3 is 5.97 Å². The molecule has 0 bridgehead atoms. The third kappa shape index (κ3) is 3.92. The second-order valence-electron chi connectivity index (χ2n) is 3.44. The van der Waals surface area contributed by atoms with Crippen LogP contribution in [0.5, 0.6) is 0 Å². The van der Waals surface area contributed by atoms with Crippen LogP contribution >= 0.6 is 0 Å². The van der Waals surface area contributed by atoms with E-state index in [1.807, 2.05) is 0 Å². The first-order valence-corrected chi connectivity index (χ1v) is 4.69. The van der Waals surface area contributed by atoms with Gasteiger partial charge in [0.1, 0.15) is 0 Å². The van der Waals surface area contributed by atoms with Crippen molar-refractivity contribution in [2.75, 3.05) is 0 Å². The molecule has 13 heavy (non-hydrogen) atoms. The first kappa shape index (κ1) is 10.0. The summed E-state index contributed by atoms with van der Waals surface area (Å²) in [6, 6.07) is 0.293. The van der Waals surface area contributed by atoms with Gasteiger partial charge in [-0.2, -0.15) is 0 Å². The molecule has 0 atom stereocenters. The molecule has 0 aromatic carbocycles. The van der Waals surface area contributed by atoms with Crippen molar-refractivity contribution in [1.29, 1.82) is 0 Å². The van der Waals surface area contributed by atoms with Gasteiger partial charge in [-0.05, 0) is 12.8 Å². The van der Waals surface area contributed by atoms with Crippen molar-refractivity contribution in [2.24, 2.45) is 0 Å². The minimum Gasteiger partial charge on any atom is -0.481 e. The molecule has 1 amide bonds. The lowest BCUT2D eigenvalue weighted by molar-refractivity contribution is -0.138. The highest BCUT2D eigenvalue weighted by Crippen LogP contribution is 2.17. The van der Waals surface area contributed by atoms with Crippen molar-refractivity contribution < 1.29 is 14.7 Å². The Morgan fingerprint density at radius 3 is 2.38 bits per heavy atom. The van der Waals surface area contributed by atoms with Crippen LogP contribution in [0, 0.1) is 0 Å². The Bertz CT molecular complexity index is 197. The highest BCUT2D eigenvalue weighted by Gasteiger charge is 2.17. The molecule has 4 nitrogen and oxygen atoms in total. The maximum absolute atomic E-state index is 11.1. The van der Waals surface area contributed by atoms with Crippen LogP contribution in [0.4, 0.5) is 0 Å². The van der Waals surface area contributed by atoms with Crippen molar-refractivity contribution in [1.82, 2.24) is 5.32 Å². The van der Waals surface area contributed by atoms with Crippen LogP contribution in [0.2, 0.25) is 0 Å². The Morgan fingerprint density at radius 2 is 1.85 bits per heavy atom. The molecule has 1 saturated carbocycles. The quantitative estimate of drug-likeness (QED) is 0.684. The average Bonchev–Trinajstić information content (AvgIpc) is 2.53. The summed E-state index contributed by atoms with van der Waals surface area (Å²) in [4.78, 5) is 21.3. The molecular formula is C9H15NO3. The average molecular weight is 185 g/mol. The van der Waals surface area contributed by atoms with Crippen LogP contribution in [-0.4, -0.2) is 23.0 Å². The van der Waals surface area contributed by atoms with E-state index in [1.54, 1.807) is 0 Å². The van der Waals surface area contributed by atoms with Gasteiger partial charge < -0.3 is 10.4 Å². The molecule has 0 aliphatic heterocycles. The summed E-state index contributed by atoms with van der Waals surface area (Å²) in [7, 11) is 0. The smallest absolute Gasteiger partial charge is 0.303 e. The van der Waals surface area contributed by atoms with Gasteiger partial charge in [-0.15, -0.1) is 0 Å². The predicted molar refractivity (Wildman–Crippen MR) is 47.3 cm³/mol. The molecule has 1 aliphatic rings. The fourth-order valence-corrected chi connectivity index (χ4v) is 1.59. The standard InChI is InChI=1S/C9H15NO3/c11-8(5-6-9(12)13)10-7-3-1-2-4-7/h7H,1-6H2,(H,10,11)(H,12,13). The van der Waals surface area contributed by atoms with Crippen molar-refractivity contribution in [3.63, 3.8) is 0 Å². The van der Waals surface area contributed by atoms with Crippen LogP contribution in [0.25, 0.3) is 0 Å². The van der Waals surface area contributed by atoms with Gasteiger partial charge in [0.05, 0.1) is 6.42 Å². The maximum atomic E-state index is 11.1. The van der Waals surface area contributed by atoms with Crippen molar-refractivity contribution in [3.8, 4) is 0 Å². The molecule has 74 valence electrons. The number of carbonyl (C=O) groups excluding carboxylic acids is 1. The number of hydrogen-bond acceptors (Lipinski definition) is 2. The number of carbonyl (C=O) groups is 2. The highest BCUT2D eigenvalue weighted by molar-refractivity contribution is 5.80. The molecule has 0 saturated heterocycles. The van der Waals surface area contributed by atoms with Crippen LogP contribution in [-0.2, 0) is 9.59 Å². The summed E-state index contributed by atoms with van der Waals surface area (Å²) in [5, 5.41) is 11.2. The molecule has 1 aliphatic carbocycles. The van der Waals surface area contributed by atoms with Crippen molar-refractivity contribution >= 4 is 11.9 Å². The zero-order chi connectivity index (χ0) is 9.68. The molecule has 0 radical (unpaired) electrons. The Labute approximate surface area is 77.3 Å². The zero-order valence-electron chi connectivity index (χ0n) is 7.58. The SMILES string of the molecule is O=C(O)CCC(=O)NC1CCCC1. The van der Waals surface area contributed by atoms with E-state index in [-0.39, 0.29) is 18.7 Å². The lowest BCUT2D eigenvalue weighted by Crippen LogP contribution is -2.32. The maximum Gasteiger partial charge on any atom is 0.303 e. The monoisotopic (exact) mass is 185 g/mol. The van der Waals surface area contributed by atoms with E-state index >= 15 is 0 Å². The second kappa shape index (κ2) is 4.84. The van der Waals surface area contributed by atoms with Gasteiger partial charge in [0, 0.05) is 12.5 Å². The lowest BCUT2D eigenvalue weighted by atomic mass is 10.2. The summed E-state index contributed by atoms with van der Waals surface area (Å²) < 4.78 is 0. The summed E-state index contributed by atoms with van der Waals surface area (Å²) in [5.41, 5.74) is 0. The third-order valence-corrected chi connectivity index (χ3v) is 2.29. The number of aliphatic carboxylic acids is 1. The van der Waals surface area contributed by atoms with E-state index in [2.05, 4.69) is 5.32 Å². The molecular weight excluding hydrogens is 170 g/mol. The van der Waals surface area contributed by atoms with Gasteiger partial charge in [0.25, 0.3) is 0 Å². The van der Waals surface area contributed by atoms with Crippen LogP contribution in [0.15, 0.2) is 0 Å². The van der Waals surface area contributed by atoms with E-state index in [0.29, 0.717) is 6.04 Å². The van der Waals surface area contributed by atoms with Gasteiger partial charge in [-0.3, -0.25) is 9.59 Å². The van der Waals surface area contributed by atoms with E-state index in [9.17, 15) is 9.59 Å². The number of carboxylic acids is 1. The van der Waals surface area contributed by atoms with Crippen LogP contribution in [0.1, 0.15) is 38.5 Å². The molecule has 0 spiro atoms. The molecule has 0 aromatic heterocycles. The fourth-order valence-electron chi connectivity index (χ4n) is 1.59. The van der Waals surface area contributed by atoms with E-state index in [4.69, 9.17) is 5.11 Å². The summed E-state index contributed by atoms with van der Waals surface area (Å²) in [6.45, 7) is 0. The van der Waals surface area contributed by atoms with Crippen LogP contribution in [0.3, 0.4) is 0 Å². The fraction of sp³-hybridized carbons (Fsp3) is 0.778. The minimum absolute atomic E-state index is 0.0709. The Kier molecular flexibility index (Phi) is 3.73. The Balaban J connectivity index is 2.13. The molecule has 4 heteroatoms. The molecule has 1 fully saturated rings. The third-order valence-electron chi connectivity index (χ3n) is 2.29. The zero-order valence-corrected chi connectivity index (χ0v) is 7.58. The Morgan fingerprint density at radius 1 is 1.23 bits per heavy atom. The van der Waals surface area contributed by atoms with E-state index < -0.39 is 5.97 Å². The minimum atomic E-state index is -0.915. The Hall–Kier alpha value is -1.06. The summed E-state index contributed by atoms with van der Waals surface area (Å²) in [6.07, 6.45) is 4.45. The van der Waals surface area contributed by atoms with Gasteiger partial charge in [0.15, 0.2) is 0 Å². The molecule has 0 aromatic rings. The van der Waals surface area contributed by atoms with Gasteiger partial charge in [-0.1, -0.05) is 12.8 Å². The number of rotatable bonds is 4. The topological polar surface area (TPSA) is 66.4 Å². The number of nitrogens with one attached hydrogen (secondary N) is 1. The summed E-state index contributed by atoms with van der Waals surface area (Å²) in [5.74, 6) is -1.05. The van der Waals surface area contributed by atoms with E-state index in [1.165, 1.54) is 12.8 Å². The lowest BCUT2D eigenvalue weighted by Gasteiger charge is -2.10. The highest BCUT2D eigenvalue weighted by atomic mass is 16.4. The van der Waals surface area contributed by atoms with Gasteiger partial charge in [0.2, 0.25) is 5.91 Å². The van der Waals surface area contributed by atoms with Crippen LogP contribution < -0.4 is 5.32 Å². The number of hydrogen-bond donors (Lipinski definition) is 2. The van der Waals surface area contributed by atoms with E-state index in [0.717, 1.165) is 12.8 Å². The second-order valence-corrected chi connectivity index (χ2v) is 3.44. The number of carboxylic acid groups (broad SMARTS) is 1. The first-order valence-electron chi connectivity index (χ1n) is 4.69. The molecule has 0 heterocycles. The normalized spacial score (nSPS) is 17.2. The first-order chi connectivity index (χ1) is 6.18. The molecule has 2 N–H and O–H groups in total. The number of amides is 1. The van der Waals surface area contributed by atoms with Crippen molar-refractivity contribution in [3.05, 3.63) is 0 Å². The van der Waals surface area contributed by atoms with Gasteiger partial charge in [-0.25, -0.2) is 0 Å². The largest absolute Gasteiger partial charge is 0.481 e.